The second-order valence-electron chi connectivity index (χ2n) is 8.15. The molecule has 4 N–H and O–H groups in total. The molecule has 0 amide bonds. The predicted octanol–water partition coefficient (Wildman–Crippen LogP) is 2.02. The van der Waals surface area contributed by atoms with Crippen molar-refractivity contribution < 1.29 is 35.8 Å². The molecule has 1 saturated carbocycles. The molecule has 0 saturated heterocycles. The number of anilines is 1. The maximum Gasteiger partial charge on any atom is 0.306 e. The second-order valence-corrected chi connectivity index (χ2v) is 11.3. The summed E-state index contributed by atoms with van der Waals surface area (Å²) in [6.45, 7) is 0. The summed E-state index contributed by atoms with van der Waals surface area (Å²) in [5, 5.41) is 31.3. The molecule has 0 unspecified atom stereocenters. The quantitative estimate of drug-likeness (QED) is 0.368. The number of benzene rings is 2. The molecule has 0 aromatic heterocycles. The van der Waals surface area contributed by atoms with Crippen LogP contribution in [0.15, 0.2) is 46.2 Å². The Kier molecular flexibility index (Phi) is 9.61. The number of nitrogens with two attached hydrogens (primary N) is 2. The first-order valence-electron chi connectivity index (χ1n) is 10.6. The van der Waals surface area contributed by atoms with Gasteiger partial charge in [0, 0.05) is 32.3 Å². The third kappa shape index (κ3) is 7.86. The molecule has 0 aliphatic heterocycles. The number of hydrogen-bond donors (Lipinski definition) is 2. The van der Waals surface area contributed by atoms with E-state index in [2.05, 4.69) is 0 Å². The lowest BCUT2D eigenvalue weighted by molar-refractivity contribution is -0.387. The van der Waals surface area contributed by atoms with Gasteiger partial charge in [-0.3, -0.25) is 20.2 Å². The SMILES string of the molecule is CO[C@H]1CC[C@@H](N(C)c2ccc(S(N)(=O)=O)cc2[N+](=O)[O-])CC1.NS(=O)(=O)c1ccc(F)c([N+](=O)[O-])c1. The largest absolute Gasteiger partial charge is 0.381 e. The lowest BCUT2D eigenvalue weighted by Gasteiger charge is -2.35. The van der Waals surface area contributed by atoms with Crippen LogP contribution in [0.2, 0.25) is 0 Å². The van der Waals surface area contributed by atoms with Gasteiger partial charge in [0.25, 0.3) is 5.69 Å². The van der Waals surface area contributed by atoms with Gasteiger partial charge >= 0.3 is 5.69 Å². The molecule has 37 heavy (non-hydrogen) atoms. The zero-order valence-electron chi connectivity index (χ0n) is 19.8. The summed E-state index contributed by atoms with van der Waals surface area (Å²) in [4.78, 5) is 21.0. The third-order valence-corrected chi connectivity index (χ3v) is 7.64. The van der Waals surface area contributed by atoms with Crippen LogP contribution in [0.25, 0.3) is 0 Å². The van der Waals surface area contributed by atoms with E-state index in [0.29, 0.717) is 17.8 Å². The lowest BCUT2D eigenvalue weighted by atomic mass is 9.91. The van der Waals surface area contributed by atoms with Crippen molar-refractivity contribution in [3.63, 3.8) is 0 Å². The fraction of sp³-hybridized carbons (Fsp3) is 0.400. The highest BCUT2D eigenvalue weighted by Gasteiger charge is 2.28. The van der Waals surface area contributed by atoms with E-state index in [0.717, 1.165) is 37.8 Å². The number of sulfonamides is 2. The van der Waals surface area contributed by atoms with E-state index in [1.165, 1.54) is 12.1 Å². The second kappa shape index (κ2) is 11.9. The number of hydrogen-bond acceptors (Lipinski definition) is 10. The zero-order valence-corrected chi connectivity index (χ0v) is 21.4. The topological polar surface area (TPSA) is 219 Å². The number of rotatable bonds is 7. The van der Waals surface area contributed by atoms with Crippen LogP contribution in [-0.4, -0.2) is 53.0 Å². The van der Waals surface area contributed by atoms with Gasteiger partial charge in [-0.15, -0.1) is 0 Å². The Balaban J connectivity index is 0.000000294. The van der Waals surface area contributed by atoms with Gasteiger partial charge in [-0.25, -0.2) is 27.1 Å². The molecular formula is C20H26FN5O9S2. The molecule has 0 bridgehead atoms. The summed E-state index contributed by atoms with van der Waals surface area (Å²) in [6.07, 6.45) is 3.76. The van der Waals surface area contributed by atoms with E-state index in [4.69, 9.17) is 15.0 Å². The van der Waals surface area contributed by atoms with Crippen molar-refractivity contribution in [3.05, 3.63) is 62.4 Å². The molecule has 1 aliphatic carbocycles. The van der Waals surface area contributed by atoms with Gasteiger partial charge in [0.2, 0.25) is 25.9 Å². The van der Waals surface area contributed by atoms with Crippen LogP contribution >= 0.6 is 0 Å². The Morgan fingerprint density at radius 3 is 1.78 bits per heavy atom. The van der Waals surface area contributed by atoms with Crippen LogP contribution in [0.3, 0.4) is 0 Å². The maximum absolute atomic E-state index is 12.7. The lowest BCUT2D eigenvalue weighted by Crippen LogP contribution is -2.37. The van der Waals surface area contributed by atoms with Gasteiger partial charge in [0.15, 0.2) is 0 Å². The maximum atomic E-state index is 12.7. The first-order chi connectivity index (χ1) is 17.1. The Morgan fingerprint density at radius 2 is 1.35 bits per heavy atom. The summed E-state index contributed by atoms with van der Waals surface area (Å²) in [7, 11) is -4.55. The number of primary sulfonamides is 2. The fourth-order valence-corrected chi connectivity index (χ4v) is 4.87. The summed E-state index contributed by atoms with van der Waals surface area (Å²) in [6, 6.07) is 6.03. The highest BCUT2D eigenvalue weighted by Crippen LogP contribution is 2.34. The van der Waals surface area contributed by atoms with Gasteiger partial charge < -0.3 is 9.64 Å². The normalized spacial score (nSPS) is 17.9. The molecule has 1 aliphatic rings. The number of methoxy groups -OCH3 is 1. The Bertz CT molecular complexity index is 1380. The Morgan fingerprint density at radius 1 is 0.892 bits per heavy atom. The monoisotopic (exact) mass is 563 g/mol. The molecule has 204 valence electrons. The van der Waals surface area contributed by atoms with Crippen LogP contribution in [0.1, 0.15) is 25.7 Å². The molecule has 3 rings (SSSR count). The molecule has 0 radical (unpaired) electrons. The van der Waals surface area contributed by atoms with Crippen molar-refractivity contribution in [2.45, 2.75) is 47.6 Å². The minimum atomic E-state index is -4.05. The minimum Gasteiger partial charge on any atom is -0.381 e. The molecule has 14 nitrogen and oxygen atoms in total. The summed E-state index contributed by atoms with van der Waals surface area (Å²) in [5.41, 5.74) is -0.785. The van der Waals surface area contributed by atoms with E-state index >= 15 is 0 Å². The Hall–Kier alpha value is -3.25. The van der Waals surface area contributed by atoms with Gasteiger partial charge in [-0.05, 0) is 49.9 Å². The standard InChI is InChI=1S/C14H21N3O5S.C6H5FN2O4S/c1-16(10-3-5-11(22-2)6-4-10)13-8-7-12(23(15,20)21)9-14(13)17(18)19;7-5-2-1-4(14(8,12)13)3-6(5)9(10)11/h7-11H,3-6H2,1-2H3,(H2,15,20,21);1-3H,(H2,8,12,13)/t10-,11+;. The van der Waals surface area contributed by atoms with Crippen molar-refractivity contribution in [1.29, 1.82) is 0 Å². The number of halogens is 1. The number of nitro benzene ring substituents is 2. The third-order valence-electron chi connectivity index (χ3n) is 5.82. The average Bonchev–Trinajstić information content (AvgIpc) is 2.82. The fourth-order valence-electron chi connectivity index (χ4n) is 3.80. The van der Waals surface area contributed by atoms with Crippen molar-refractivity contribution in [2.24, 2.45) is 10.3 Å². The Labute approximate surface area is 212 Å². The zero-order chi connectivity index (χ0) is 28.1. The smallest absolute Gasteiger partial charge is 0.306 e. The summed E-state index contributed by atoms with van der Waals surface area (Å²) in [5.74, 6) is -1.11. The van der Waals surface area contributed by atoms with Crippen LogP contribution < -0.4 is 15.2 Å². The first kappa shape index (κ1) is 30.0. The molecule has 0 atom stereocenters. The summed E-state index contributed by atoms with van der Waals surface area (Å²) < 4.78 is 62.3. The first-order valence-corrected chi connectivity index (χ1v) is 13.7. The van der Waals surface area contributed by atoms with Gasteiger partial charge in [0.05, 0.1) is 25.7 Å². The molecule has 17 heteroatoms. The number of ether oxygens (including phenoxy) is 1. The van der Waals surface area contributed by atoms with Gasteiger partial charge in [-0.1, -0.05) is 0 Å². The van der Waals surface area contributed by atoms with Gasteiger partial charge in [0.1, 0.15) is 5.69 Å². The van der Waals surface area contributed by atoms with E-state index in [1.807, 2.05) is 4.90 Å². The van der Waals surface area contributed by atoms with Crippen LogP contribution in [0.4, 0.5) is 21.5 Å². The average molecular weight is 564 g/mol. The van der Waals surface area contributed by atoms with Crippen molar-refractivity contribution in [3.8, 4) is 0 Å². The summed E-state index contributed by atoms with van der Waals surface area (Å²) >= 11 is 0. The van der Waals surface area contributed by atoms with Crippen molar-refractivity contribution >= 4 is 37.1 Å². The van der Waals surface area contributed by atoms with E-state index in [-0.39, 0.29) is 22.7 Å². The highest BCUT2D eigenvalue weighted by atomic mass is 32.2. The van der Waals surface area contributed by atoms with Crippen LogP contribution in [0.5, 0.6) is 0 Å². The van der Waals surface area contributed by atoms with E-state index < -0.39 is 46.3 Å². The number of nitro groups is 2. The van der Waals surface area contributed by atoms with Crippen molar-refractivity contribution in [2.75, 3.05) is 19.1 Å². The molecule has 2 aromatic rings. The van der Waals surface area contributed by atoms with Crippen LogP contribution in [-0.2, 0) is 24.8 Å². The van der Waals surface area contributed by atoms with E-state index in [9.17, 15) is 41.5 Å². The number of nitrogens with zero attached hydrogens (tertiary/aromatic N) is 3. The predicted molar refractivity (Wildman–Crippen MR) is 130 cm³/mol. The minimum absolute atomic E-state index is 0.153. The van der Waals surface area contributed by atoms with E-state index in [1.54, 1.807) is 14.2 Å². The molecule has 0 heterocycles. The molecule has 1 fully saturated rings. The molecular weight excluding hydrogens is 537 g/mol. The van der Waals surface area contributed by atoms with Crippen LogP contribution in [0, 0.1) is 26.0 Å². The van der Waals surface area contributed by atoms with Gasteiger partial charge in [-0.2, -0.15) is 4.39 Å². The molecule has 0 spiro atoms. The molecule has 2 aromatic carbocycles. The van der Waals surface area contributed by atoms with Crippen molar-refractivity contribution in [1.82, 2.24) is 0 Å². The highest BCUT2D eigenvalue weighted by molar-refractivity contribution is 7.89.